The Labute approximate surface area is 125 Å². The van der Waals surface area contributed by atoms with Crippen LogP contribution in [0.4, 0.5) is 4.79 Å². The topological polar surface area (TPSA) is 104 Å². The number of hydrogen-bond acceptors (Lipinski definition) is 3. The van der Waals surface area contributed by atoms with Gasteiger partial charge in [0.25, 0.3) is 0 Å². The number of halogens is 1. The molecule has 0 saturated heterocycles. The van der Waals surface area contributed by atoms with Gasteiger partial charge in [-0.25, -0.2) is 4.79 Å². The van der Waals surface area contributed by atoms with E-state index in [9.17, 15) is 9.90 Å². The number of aromatic amines is 1. The van der Waals surface area contributed by atoms with Crippen molar-refractivity contribution in [3.05, 3.63) is 28.9 Å². The van der Waals surface area contributed by atoms with Crippen LogP contribution in [0.15, 0.2) is 18.3 Å². The molecule has 2 fully saturated rings. The van der Waals surface area contributed by atoms with Crippen LogP contribution in [0, 0.1) is 11.8 Å². The summed E-state index contributed by atoms with van der Waals surface area (Å²) >= 11 is 6.13. The number of primary amides is 1. The number of benzene rings is 1. The lowest BCUT2D eigenvalue weighted by Gasteiger charge is -2.27. The van der Waals surface area contributed by atoms with Gasteiger partial charge in [-0.2, -0.15) is 5.10 Å². The number of carbonyl (C=O) groups excluding carboxylic acids is 1. The highest BCUT2D eigenvalue weighted by Crippen LogP contribution is 2.60. The van der Waals surface area contributed by atoms with Crippen molar-refractivity contribution in [3.8, 4) is 0 Å². The molecule has 1 aromatic carbocycles. The standard InChI is InChI=1S/C14H15ClN4O2/c15-6-1-10(9-5-17-19-11(9)2-6)14(21)3-7-8(4-14)12(7)18-13(16)20/h1-2,5,7-8,12,21H,3-4H2,(H,17,19)(H3,16,18,20)/t7-,8+,12?,14+. The Morgan fingerprint density at radius 2 is 2.19 bits per heavy atom. The van der Waals surface area contributed by atoms with Gasteiger partial charge in [0.15, 0.2) is 0 Å². The van der Waals surface area contributed by atoms with Gasteiger partial charge in [0, 0.05) is 16.5 Å². The number of aliphatic hydroxyl groups is 1. The van der Waals surface area contributed by atoms with Gasteiger partial charge in [-0.1, -0.05) is 11.6 Å². The fraction of sp³-hybridized carbons (Fsp3) is 0.429. The molecule has 6 nitrogen and oxygen atoms in total. The van der Waals surface area contributed by atoms with Crippen LogP contribution in [0.2, 0.25) is 5.02 Å². The zero-order valence-electron chi connectivity index (χ0n) is 11.1. The summed E-state index contributed by atoms with van der Waals surface area (Å²) in [5.41, 5.74) is 5.86. The van der Waals surface area contributed by atoms with Gasteiger partial charge in [-0.05, 0) is 42.4 Å². The van der Waals surface area contributed by atoms with Crippen LogP contribution in [0.3, 0.4) is 0 Å². The predicted octanol–water partition coefficient (Wildman–Crippen LogP) is 1.48. The maximum atomic E-state index is 11.0. The molecule has 2 aliphatic rings. The highest BCUT2D eigenvalue weighted by molar-refractivity contribution is 6.31. The largest absolute Gasteiger partial charge is 0.385 e. The van der Waals surface area contributed by atoms with Gasteiger partial charge in [-0.3, -0.25) is 5.10 Å². The number of H-pyrrole nitrogens is 1. The van der Waals surface area contributed by atoms with Crippen molar-refractivity contribution in [1.82, 2.24) is 15.5 Å². The Bertz CT molecular complexity index is 732. The Kier molecular flexibility index (Phi) is 2.53. The predicted molar refractivity (Wildman–Crippen MR) is 77.7 cm³/mol. The minimum atomic E-state index is -0.918. The summed E-state index contributed by atoms with van der Waals surface area (Å²) in [6.07, 6.45) is 2.91. The van der Waals surface area contributed by atoms with E-state index in [2.05, 4.69) is 15.5 Å². The number of amides is 2. The Balaban J connectivity index is 1.65. The van der Waals surface area contributed by atoms with E-state index in [-0.39, 0.29) is 17.9 Å². The lowest BCUT2D eigenvalue weighted by Crippen LogP contribution is -2.36. The number of urea groups is 1. The second-order valence-electron chi connectivity index (χ2n) is 6.09. The minimum absolute atomic E-state index is 0.0989. The van der Waals surface area contributed by atoms with E-state index in [1.807, 2.05) is 0 Å². The van der Waals surface area contributed by atoms with Crippen molar-refractivity contribution in [3.63, 3.8) is 0 Å². The summed E-state index contributed by atoms with van der Waals surface area (Å²) in [5, 5.41) is 22.1. The fourth-order valence-electron chi connectivity index (χ4n) is 3.86. The molecule has 0 radical (unpaired) electrons. The number of nitrogens with zero attached hydrogens (tertiary/aromatic N) is 1. The van der Waals surface area contributed by atoms with Gasteiger partial charge in [0.05, 0.1) is 17.3 Å². The molecule has 2 aromatic rings. The number of nitrogens with one attached hydrogen (secondary N) is 2. The number of fused-ring (bicyclic) bond motifs is 2. The quantitative estimate of drug-likeness (QED) is 0.675. The van der Waals surface area contributed by atoms with Crippen molar-refractivity contribution in [2.75, 3.05) is 0 Å². The maximum Gasteiger partial charge on any atom is 0.312 e. The number of aromatic nitrogens is 2. The molecule has 4 rings (SSSR count). The molecule has 0 bridgehead atoms. The summed E-state index contributed by atoms with van der Waals surface area (Å²) in [6, 6.07) is 3.20. The van der Waals surface area contributed by atoms with E-state index < -0.39 is 11.6 Å². The van der Waals surface area contributed by atoms with Crippen LogP contribution >= 0.6 is 11.6 Å². The molecule has 0 aliphatic heterocycles. The van der Waals surface area contributed by atoms with E-state index in [0.717, 1.165) is 16.5 Å². The van der Waals surface area contributed by atoms with Crippen LogP contribution < -0.4 is 11.1 Å². The summed E-state index contributed by atoms with van der Waals surface area (Å²) in [5.74, 6) is 0.562. The molecule has 110 valence electrons. The van der Waals surface area contributed by atoms with Crippen LogP contribution in [-0.4, -0.2) is 27.4 Å². The SMILES string of the molecule is NC(=O)NC1[C@H]2C[C@](O)(c3cc(Cl)cc4[nH]ncc34)C[C@@H]12. The van der Waals surface area contributed by atoms with E-state index in [4.69, 9.17) is 17.3 Å². The highest BCUT2D eigenvalue weighted by Gasteiger charge is 2.62. The van der Waals surface area contributed by atoms with E-state index >= 15 is 0 Å². The molecule has 7 heteroatoms. The third kappa shape index (κ3) is 1.90. The van der Waals surface area contributed by atoms with E-state index in [1.54, 1.807) is 18.3 Å². The van der Waals surface area contributed by atoms with Crippen LogP contribution in [0.1, 0.15) is 18.4 Å². The van der Waals surface area contributed by atoms with Crippen molar-refractivity contribution in [1.29, 1.82) is 0 Å². The molecular formula is C14H15ClN4O2. The van der Waals surface area contributed by atoms with Crippen molar-refractivity contribution >= 4 is 28.5 Å². The van der Waals surface area contributed by atoms with Gasteiger partial charge in [0.2, 0.25) is 0 Å². The van der Waals surface area contributed by atoms with Gasteiger partial charge in [0.1, 0.15) is 0 Å². The van der Waals surface area contributed by atoms with Crippen LogP contribution in [-0.2, 0) is 5.60 Å². The molecule has 0 spiro atoms. The molecular weight excluding hydrogens is 292 g/mol. The minimum Gasteiger partial charge on any atom is -0.385 e. The second-order valence-corrected chi connectivity index (χ2v) is 6.52. The summed E-state index contributed by atoms with van der Waals surface area (Å²) < 4.78 is 0. The second kappa shape index (κ2) is 4.11. The zero-order chi connectivity index (χ0) is 14.8. The zero-order valence-corrected chi connectivity index (χ0v) is 11.9. The monoisotopic (exact) mass is 306 g/mol. The van der Waals surface area contributed by atoms with E-state index in [0.29, 0.717) is 17.9 Å². The fourth-order valence-corrected chi connectivity index (χ4v) is 4.08. The Morgan fingerprint density at radius 1 is 1.48 bits per heavy atom. The first-order valence-electron chi connectivity index (χ1n) is 6.89. The van der Waals surface area contributed by atoms with E-state index in [1.165, 1.54) is 0 Å². The number of carbonyl (C=O) groups is 1. The van der Waals surface area contributed by atoms with Crippen molar-refractivity contribution < 1.29 is 9.90 Å². The average Bonchev–Trinajstić information content (AvgIpc) is 2.83. The summed E-state index contributed by atoms with van der Waals surface area (Å²) in [7, 11) is 0. The smallest absolute Gasteiger partial charge is 0.312 e. The first-order valence-corrected chi connectivity index (χ1v) is 7.27. The van der Waals surface area contributed by atoms with Crippen molar-refractivity contribution in [2.45, 2.75) is 24.5 Å². The van der Waals surface area contributed by atoms with Gasteiger partial charge >= 0.3 is 6.03 Å². The summed E-state index contributed by atoms with van der Waals surface area (Å²) in [6.45, 7) is 0. The highest BCUT2D eigenvalue weighted by atomic mass is 35.5. The van der Waals surface area contributed by atoms with Crippen molar-refractivity contribution in [2.24, 2.45) is 17.6 Å². The number of hydrogen-bond donors (Lipinski definition) is 4. The molecule has 2 amide bonds. The molecule has 4 atom stereocenters. The first-order chi connectivity index (χ1) is 9.98. The molecule has 2 aliphatic carbocycles. The molecule has 1 aromatic heterocycles. The lowest BCUT2D eigenvalue weighted by molar-refractivity contribution is 0.0299. The summed E-state index contributed by atoms with van der Waals surface area (Å²) in [4.78, 5) is 10.9. The number of rotatable bonds is 2. The number of nitrogens with two attached hydrogens (primary N) is 1. The Hall–Kier alpha value is -1.79. The molecule has 1 heterocycles. The molecule has 1 unspecified atom stereocenters. The molecule has 5 N–H and O–H groups in total. The third-order valence-corrected chi connectivity index (χ3v) is 5.03. The van der Waals surface area contributed by atoms with Crippen LogP contribution in [0.25, 0.3) is 10.9 Å². The molecule has 21 heavy (non-hydrogen) atoms. The third-order valence-electron chi connectivity index (χ3n) is 4.81. The first kappa shape index (κ1) is 12.9. The van der Waals surface area contributed by atoms with Gasteiger partial charge < -0.3 is 16.2 Å². The molecule has 2 saturated carbocycles. The van der Waals surface area contributed by atoms with Crippen LogP contribution in [0.5, 0.6) is 0 Å². The lowest BCUT2D eigenvalue weighted by atomic mass is 9.86. The maximum absolute atomic E-state index is 11.0. The normalized spacial score (nSPS) is 33.9. The Morgan fingerprint density at radius 3 is 2.86 bits per heavy atom. The average molecular weight is 307 g/mol. The van der Waals surface area contributed by atoms with Gasteiger partial charge in [-0.15, -0.1) is 0 Å².